The van der Waals surface area contributed by atoms with Crippen LogP contribution in [0.25, 0.3) is 11.2 Å². The summed E-state index contributed by atoms with van der Waals surface area (Å²) in [6.45, 7) is 0.432. The Labute approximate surface area is 152 Å². The fourth-order valence-electron chi connectivity index (χ4n) is 2.52. The first kappa shape index (κ1) is 16.6. The molecule has 0 aliphatic heterocycles. The molecule has 0 aliphatic carbocycles. The van der Waals surface area contributed by atoms with Crippen LogP contribution in [0, 0.1) is 11.6 Å². The zero-order valence-electron chi connectivity index (χ0n) is 13.5. The Balaban J connectivity index is 1.57. The summed E-state index contributed by atoms with van der Waals surface area (Å²) < 4.78 is 28.0. The maximum absolute atomic E-state index is 13.3. The van der Waals surface area contributed by atoms with Gasteiger partial charge < -0.3 is 0 Å². The lowest BCUT2D eigenvalue weighted by Gasteiger charge is -2.04. The summed E-state index contributed by atoms with van der Waals surface area (Å²) in [7, 11) is 0. The molecule has 0 bridgehead atoms. The molecule has 0 atom stereocenters. The van der Waals surface area contributed by atoms with Gasteiger partial charge in [0, 0.05) is 5.75 Å². The van der Waals surface area contributed by atoms with Crippen LogP contribution in [-0.2, 0) is 12.3 Å². The lowest BCUT2D eigenvalue weighted by atomic mass is 10.2. The van der Waals surface area contributed by atoms with E-state index >= 15 is 0 Å². The summed E-state index contributed by atoms with van der Waals surface area (Å²) in [5, 5.41) is 9.01. The summed E-state index contributed by atoms with van der Waals surface area (Å²) in [5.41, 5.74) is 2.95. The van der Waals surface area contributed by atoms with Gasteiger partial charge in [-0.1, -0.05) is 41.2 Å². The monoisotopic (exact) mass is 369 g/mol. The molecule has 4 aromatic rings. The van der Waals surface area contributed by atoms with Crippen LogP contribution >= 0.6 is 11.8 Å². The second-order valence-corrected chi connectivity index (χ2v) is 6.61. The number of fused-ring (bicyclic) bond motifs is 1. The molecule has 2 aromatic heterocycles. The molecule has 2 aromatic carbocycles. The highest BCUT2D eigenvalue weighted by molar-refractivity contribution is 7.98. The van der Waals surface area contributed by atoms with E-state index in [9.17, 15) is 8.78 Å². The van der Waals surface area contributed by atoms with Gasteiger partial charge in [0.2, 0.25) is 0 Å². The van der Waals surface area contributed by atoms with Crippen LogP contribution in [0.15, 0.2) is 59.9 Å². The standard InChI is InChI=1S/C18H13F2N5S/c19-14-6-4-12(5-7-14)9-25-17-16(23-24-25)18(22-11-21-17)26-10-13-2-1-3-15(20)8-13/h1-8,11H,9-10H2. The average molecular weight is 369 g/mol. The van der Waals surface area contributed by atoms with Crippen LogP contribution in [0.4, 0.5) is 8.78 Å². The second-order valence-electron chi connectivity index (χ2n) is 5.64. The molecule has 130 valence electrons. The topological polar surface area (TPSA) is 56.5 Å². The van der Waals surface area contributed by atoms with E-state index in [-0.39, 0.29) is 11.6 Å². The molecular weight excluding hydrogens is 356 g/mol. The smallest absolute Gasteiger partial charge is 0.183 e. The Bertz CT molecular complexity index is 1050. The van der Waals surface area contributed by atoms with Gasteiger partial charge in [-0.05, 0) is 35.4 Å². The third-order valence-corrected chi connectivity index (χ3v) is 4.83. The van der Waals surface area contributed by atoms with Gasteiger partial charge in [0.15, 0.2) is 11.2 Å². The molecule has 0 saturated carbocycles. The van der Waals surface area contributed by atoms with E-state index in [1.54, 1.807) is 22.9 Å². The van der Waals surface area contributed by atoms with Gasteiger partial charge >= 0.3 is 0 Å². The molecule has 0 spiro atoms. The third kappa shape index (κ3) is 3.55. The van der Waals surface area contributed by atoms with E-state index in [0.717, 1.165) is 11.1 Å². The first-order chi connectivity index (χ1) is 12.7. The highest BCUT2D eigenvalue weighted by atomic mass is 32.2. The number of rotatable bonds is 5. The van der Waals surface area contributed by atoms with Crippen LogP contribution in [0.1, 0.15) is 11.1 Å². The molecular formula is C18H13F2N5S. The molecule has 0 unspecified atom stereocenters. The minimum Gasteiger partial charge on any atom is -0.227 e. The molecule has 4 rings (SSSR count). The molecule has 26 heavy (non-hydrogen) atoms. The number of benzene rings is 2. The van der Waals surface area contributed by atoms with Crippen molar-refractivity contribution in [1.82, 2.24) is 25.0 Å². The lowest BCUT2D eigenvalue weighted by molar-refractivity contribution is 0.623. The van der Waals surface area contributed by atoms with E-state index in [1.165, 1.54) is 42.4 Å². The van der Waals surface area contributed by atoms with Crippen molar-refractivity contribution < 1.29 is 8.78 Å². The minimum absolute atomic E-state index is 0.263. The predicted molar refractivity (Wildman–Crippen MR) is 94.6 cm³/mol. The van der Waals surface area contributed by atoms with E-state index in [1.807, 2.05) is 6.07 Å². The zero-order valence-corrected chi connectivity index (χ0v) is 14.3. The summed E-state index contributed by atoms with van der Waals surface area (Å²) >= 11 is 1.45. The van der Waals surface area contributed by atoms with Gasteiger partial charge in [0.25, 0.3) is 0 Å². The van der Waals surface area contributed by atoms with Gasteiger partial charge in [0.1, 0.15) is 23.0 Å². The first-order valence-corrected chi connectivity index (χ1v) is 8.83. The van der Waals surface area contributed by atoms with Gasteiger partial charge in [-0.2, -0.15) is 0 Å². The van der Waals surface area contributed by atoms with Gasteiger partial charge in [-0.3, -0.25) is 0 Å². The van der Waals surface area contributed by atoms with Crippen molar-refractivity contribution in [3.63, 3.8) is 0 Å². The Morgan fingerprint density at radius 1 is 0.923 bits per heavy atom. The van der Waals surface area contributed by atoms with Crippen molar-refractivity contribution in [2.45, 2.75) is 17.3 Å². The number of aromatic nitrogens is 5. The molecule has 8 heteroatoms. The number of nitrogens with zero attached hydrogens (tertiary/aromatic N) is 5. The predicted octanol–water partition coefficient (Wildman–Crippen LogP) is 3.84. The molecule has 0 saturated heterocycles. The highest BCUT2D eigenvalue weighted by Crippen LogP contribution is 2.26. The highest BCUT2D eigenvalue weighted by Gasteiger charge is 2.13. The van der Waals surface area contributed by atoms with E-state index < -0.39 is 0 Å². The van der Waals surface area contributed by atoms with Crippen molar-refractivity contribution >= 4 is 22.9 Å². The lowest BCUT2D eigenvalue weighted by Crippen LogP contribution is -2.03. The maximum Gasteiger partial charge on any atom is 0.183 e. The van der Waals surface area contributed by atoms with Crippen LogP contribution in [-0.4, -0.2) is 25.0 Å². The summed E-state index contributed by atoms with van der Waals surface area (Å²) in [4.78, 5) is 8.53. The number of hydrogen-bond donors (Lipinski definition) is 0. The molecule has 5 nitrogen and oxygen atoms in total. The van der Waals surface area contributed by atoms with Gasteiger partial charge in [-0.15, -0.1) is 5.10 Å². The third-order valence-electron chi connectivity index (χ3n) is 3.78. The largest absolute Gasteiger partial charge is 0.227 e. The Kier molecular flexibility index (Phi) is 4.57. The summed E-state index contributed by atoms with van der Waals surface area (Å²) in [6, 6.07) is 12.7. The zero-order chi connectivity index (χ0) is 17.9. The second kappa shape index (κ2) is 7.17. The van der Waals surface area contributed by atoms with E-state index in [4.69, 9.17) is 0 Å². The van der Waals surface area contributed by atoms with Gasteiger partial charge in [-0.25, -0.2) is 23.4 Å². The Morgan fingerprint density at radius 3 is 2.58 bits per heavy atom. The van der Waals surface area contributed by atoms with Crippen molar-refractivity contribution in [1.29, 1.82) is 0 Å². The number of hydrogen-bond acceptors (Lipinski definition) is 5. The number of thioether (sulfide) groups is 1. The van der Waals surface area contributed by atoms with Crippen LogP contribution in [0.3, 0.4) is 0 Å². The fourth-order valence-corrected chi connectivity index (χ4v) is 3.40. The van der Waals surface area contributed by atoms with Crippen molar-refractivity contribution in [3.8, 4) is 0 Å². The molecule has 0 fully saturated rings. The summed E-state index contributed by atoms with van der Waals surface area (Å²) in [6.07, 6.45) is 1.46. The first-order valence-electron chi connectivity index (χ1n) is 7.85. The molecule has 0 N–H and O–H groups in total. The van der Waals surface area contributed by atoms with E-state index in [0.29, 0.717) is 28.5 Å². The van der Waals surface area contributed by atoms with Crippen molar-refractivity contribution in [3.05, 3.63) is 77.6 Å². The van der Waals surface area contributed by atoms with Crippen LogP contribution in [0.5, 0.6) is 0 Å². The molecule has 2 heterocycles. The maximum atomic E-state index is 13.3. The minimum atomic E-state index is -0.282. The summed E-state index contributed by atoms with van der Waals surface area (Å²) in [5.74, 6) is 0.0195. The van der Waals surface area contributed by atoms with E-state index in [2.05, 4.69) is 20.3 Å². The van der Waals surface area contributed by atoms with Crippen molar-refractivity contribution in [2.24, 2.45) is 0 Å². The SMILES string of the molecule is Fc1ccc(Cn2nnc3c(SCc4cccc(F)c4)ncnc32)cc1. The van der Waals surface area contributed by atoms with Crippen LogP contribution in [0.2, 0.25) is 0 Å². The quantitative estimate of drug-likeness (QED) is 0.395. The van der Waals surface area contributed by atoms with Crippen LogP contribution < -0.4 is 0 Å². The molecule has 0 aliphatic rings. The number of halogens is 2. The fraction of sp³-hybridized carbons (Fsp3) is 0.111. The molecule has 0 amide bonds. The Hall–Kier alpha value is -2.87. The molecule has 0 radical (unpaired) electrons. The average Bonchev–Trinajstić information content (AvgIpc) is 3.05. The van der Waals surface area contributed by atoms with Crippen molar-refractivity contribution in [2.75, 3.05) is 0 Å². The normalized spacial score (nSPS) is 11.2. The van der Waals surface area contributed by atoms with Gasteiger partial charge in [0.05, 0.1) is 6.54 Å². The Morgan fingerprint density at radius 2 is 1.77 bits per heavy atom.